The Morgan fingerprint density at radius 1 is 1.21 bits per heavy atom. The Hall–Kier alpha value is -0.610. The second-order valence-corrected chi connectivity index (χ2v) is 6.59. The normalized spacial score (nSPS) is 30.7. The Morgan fingerprint density at radius 3 is 2.89 bits per heavy atom. The van der Waals surface area contributed by atoms with Gasteiger partial charge in [-0.3, -0.25) is 0 Å². The number of anilines is 1. The molecule has 2 aliphatic rings. The van der Waals surface area contributed by atoms with Crippen molar-refractivity contribution in [1.82, 2.24) is 5.32 Å². The molecule has 1 heterocycles. The van der Waals surface area contributed by atoms with Crippen LogP contribution in [-0.2, 0) is 0 Å². The molecule has 19 heavy (non-hydrogen) atoms. The van der Waals surface area contributed by atoms with E-state index in [0.29, 0.717) is 23.7 Å². The molecule has 0 bridgehead atoms. The zero-order valence-electron chi connectivity index (χ0n) is 11.0. The highest BCUT2D eigenvalue weighted by Gasteiger charge is 2.35. The molecule has 1 saturated heterocycles. The summed E-state index contributed by atoms with van der Waals surface area (Å²) in [5.41, 5.74) is 0.629. The van der Waals surface area contributed by atoms with Gasteiger partial charge in [-0.15, -0.1) is 0 Å². The van der Waals surface area contributed by atoms with E-state index in [1.165, 1.54) is 31.7 Å². The van der Waals surface area contributed by atoms with Gasteiger partial charge in [-0.05, 0) is 56.3 Å². The standard InChI is InChI=1S/C15H20BrFN2/c16-10-6-7-12(17)15(9-10)19-14-4-1-3-11(14)13-5-2-8-18-13/h6-7,9,11,13-14,18-19H,1-5,8H2. The van der Waals surface area contributed by atoms with E-state index < -0.39 is 0 Å². The molecule has 0 amide bonds. The summed E-state index contributed by atoms with van der Waals surface area (Å²) in [5.74, 6) is 0.481. The van der Waals surface area contributed by atoms with E-state index >= 15 is 0 Å². The molecule has 2 N–H and O–H groups in total. The molecular weight excluding hydrogens is 307 g/mol. The first kappa shape index (κ1) is 13.4. The molecule has 0 spiro atoms. The van der Waals surface area contributed by atoms with Crippen LogP contribution in [0.25, 0.3) is 0 Å². The van der Waals surface area contributed by atoms with Crippen LogP contribution in [0.4, 0.5) is 10.1 Å². The second-order valence-electron chi connectivity index (χ2n) is 5.67. The highest BCUT2D eigenvalue weighted by molar-refractivity contribution is 9.10. The molecule has 1 aromatic carbocycles. The first-order chi connectivity index (χ1) is 9.24. The van der Waals surface area contributed by atoms with Crippen LogP contribution in [0.3, 0.4) is 0 Å². The van der Waals surface area contributed by atoms with Gasteiger partial charge in [-0.25, -0.2) is 4.39 Å². The molecule has 1 saturated carbocycles. The van der Waals surface area contributed by atoms with Crippen LogP contribution in [0.1, 0.15) is 32.1 Å². The van der Waals surface area contributed by atoms with Gasteiger partial charge in [0.05, 0.1) is 5.69 Å². The third-order valence-corrected chi connectivity index (χ3v) is 4.95. The van der Waals surface area contributed by atoms with Gasteiger partial charge in [0, 0.05) is 16.6 Å². The number of rotatable bonds is 3. The predicted molar refractivity (Wildman–Crippen MR) is 79.9 cm³/mol. The molecule has 3 atom stereocenters. The van der Waals surface area contributed by atoms with Crippen LogP contribution in [-0.4, -0.2) is 18.6 Å². The molecule has 4 heteroatoms. The van der Waals surface area contributed by atoms with E-state index in [9.17, 15) is 4.39 Å². The van der Waals surface area contributed by atoms with Gasteiger partial charge in [0.15, 0.2) is 0 Å². The van der Waals surface area contributed by atoms with Crippen molar-refractivity contribution in [3.05, 3.63) is 28.5 Å². The van der Waals surface area contributed by atoms with Crippen LogP contribution in [0.5, 0.6) is 0 Å². The second kappa shape index (κ2) is 5.80. The fourth-order valence-corrected chi connectivity index (χ4v) is 3.90. The van der Waals surface area contributed by atoms with Crippen LogP contribution >= 0.6 is 15.9 Å². The molecule has 3 unspecified atom stereocenters. The van der Waals surface area contributed by atoms with Crippen molar-refractivity contribution in [2.75, 3.05) is 11.9 Å². The van der Waals surface area contributed by atoms with E-state index in [1.54, 1.807) is 6.07 Å². The maximum Gasteiger partial charge on any atom is 0.146 e. The Balaban J connectivity index is 1.72. The predicted octanol–water partition coefficient (Wildman–Crippen LogP) is 3.92. The average molecular weight is 327 g/mol. The van der Waals surface area contributed by atoms with Crippen molar-refractivity contribution in [2.45, 2.75) is 44.2 Å². The Kier molecular flexibility index (Phi) is 4.08. The summed E-state index contributed by atoms with van der Waals surface area (Å²) >= 11 is 3.41. The molecule has 104 valence electrons. The van der Waals surface area contributed by atoms with Crippen molar-refractivity contribution in [2.24, 2.45) is 5.92 Å². The summed E-state index contributed by atoms with van der Waals surface area (Å²) in [6.45, 7) is 1.14. The zero-order valence-corrected chi connectivity index (χ0v) is 12.5. The fraction of sp³-hybridized carbons (Fsp3) is 0.600. The molecule has 2 fully saturated rings. The first-order valence-electron chi connectivity index (χ1n) is 7.19. The third-order valence-electron chi connectivity index (χ3n) is 4.45. The van der Waals surface area contributed by atoms with E-state index in [2.05, 4.69) is 26.6 Å². The topological polar surface area (TPSA) is 24.1 Å². The van der Waals surface area contributed by atoms with Gasteiger partial charge in [-0.2, -0.15) is 0 Å². The first-order valence-corrected chi connectivity index (χ1v) is 7.98. The van der Waals surface area contributed by atoms with E-state index in [4.69, 9.17) is 0 Å². The summed E-state index contributed by atoms with van der Waals surface area (Å²) in [7, 11) is 0. The molecule has 2 nitrogen and oxygen atoms in total. The van der Waals surface area contributed by atoms with Gasteiger partial charge in [0.25, 0.3) is 0 Å². The lowest BCUT2D eigenvalue weighted by Gasteiger charge is -2.27. The van der Waals surface area contributed by atoms with Gasteiger partial charge < -0.3 is 10.6 Å². The summed E-state index contributed by atoms with van der Waals surface area (Å²) in [6, 6.07) is 6.12. The van der Waals surface area contributed by atoms with E-state index in [1.807, 2.05) is 6.07 Å². The molecule has 1 aliphatic carbocycles. The van der Waals surface area contributed by atoms with Crippen molar-refractivity contribution in [3.63, 3.8) is 0 Å². The molecule has 3 rings (SSSR count). The van der Waals surface area contributed by atoms with Gasteiger partial charge in [-0.1, -0.05) is 22.4 Å². The van der Waals surface area contributed by atoms with Gasteiger partial charge >= 0.3 is 0 Å². The molecule has 1 aromatic rings. The Morgan fingerprint density at radius 2 is 2.11 bits per heavy atom. The smallest absolute Gasteiger partial charge is 0.146 e. The summed E-state index contributed by atoms with van der Waals surface area (Å²) < 4.78 is 14.7. The average Bonchev–Trinajstić information content (AvgIpc) is 3.03. The minimum absolute atomic E-state index is 0.159. The fourth-order valence-electron chi connectivity index (χ4n) is 3.53. The number of nitrogens with one attached hydrogen (secondary N) is 2. The lowest BCUT2D eigenvalue weighted by molar-refractivity contribution is 0.375. The SMILES string of the molecule is Fc1ccc(Br)cc1NC1CCCC1C1CCCN1. The summed E-state index contributed by atoms with van der Waals surface area (Å²) in [6.07, 6.45) is 6.19. The number of hydrogen-bond acceptors (Lipinski definition) is 2. The summed E-state index contributed by atoms with van der Waals surface area (Å²) in [5, 5.41) is 7.03. The Labute approximate surface area is 122 Å². The maximum atomic E-state index is 13.8. The zero-order chi connectivity index (χ0) is 13.2. The minimum atomic E-state index is -0.159. The maximum absolute atomic E-state index is 13.8. The highest BCUT2D eigenvalue weighted by atomic mass is 79.9. The van der Waals surface area contributed by atoms with Crippen molar-refractivity contribution < 1.29 is 4.39 Å². The van der Waals surface area contributed by atoms with E-state index in [-0.39, 0.29) is 5.82 Å². The van der Waals surface area contributed by atoms with Crippen molar-refractivity contribution >= 4 is 21.6 Å². The van der Waals surface area contributed by atoms with Gasteiger partial charge in [0.1, 0.15) is 5.82 Å². The van der Waals surface area contributed by atoms with Crippen LogP contribution in [0.15, 0.2) is 22.7 Å². The van der Waals surface area contributed by atoms with Crippen molar-refractivity contribution in [3.8, 4) is 0 Å². The van der Waals surface area contributed by atoms with Crippen LogP contribution < -0.4 is 10.6 Å². The number of hydrogen-bond donors (Lipinski definition) is 2. The van der Waals surface area contributed by atoms with Crippen LogP contribution in [0, 0.1) is 11.7 Å². The molecular formula is C15H20BrFN2. The quantitative estimate of drug-likeness (QED) is 0.879. The highest BCUT2D eigenvalue weighted by Crippen LogP contribution is 2.34. The van der Waals surface area contributed by atoms with Crippen LogP contribution in [0.2, 0.25) is 0 Å². The minimum Gasteiger partial charge on any atom is -0.380 e. The molecule has 0 radical (unpaired) electrons. The summed E-state index contributed by atoms with van der Waals surface area (Å²) in [4.78, 5) is 0. The molecule has 0 aromatic heterocycles. The van der Waals surface area contributed by atoms with Gasteiger partial charge in [0.2, 0.25) is 0 Å². The Bertz CT molecular complexity index is 446. The lowest BCUT2D eigenvalue weighted by atomic mass is 9.93. The number of benzene rings is 1. The lowest BCUT2D eigenvalue weighted by Crippen LogP contribution is -2.38. The largest absolute Gasteiger partial charge is 0.380 e. The molecule has 1 aliphatic heterocycles. The third kappa shape index (κ3) is 2.95. The van der Waals surface area contributed by atoms with E-state index in [0.717, 1.165) is 17.4 Å². The number of halogens is 2. The van der Waals surface area contributed by atoms with Crippen molar-refractivity contribution in [1.29, 1.82) is 0 Å². The monoisotopic (exact) mass is 326 g/mol.